The number of esters is 1. The van der Waals surface area contributed by atoms with Crippen LogP contribution in [0, 0.1) is 5.82 Å². The van der Waals surface area contributed by atoms with E-state index in [1.165, 1.54) is 13.2 Å². The number of methoxy groups -OCH3 is 1. The molecule has 2 aromatic carbocycles. The Kier molecular flexibility index (Phi) is 6.84. The molecule has 0 aliphatic carbocycles. The van der Waals surface area contributed by atoms with Crippen molar-refractivity contribution in [3.8, 4) is 5.75 Å². The van der Waals surface area contributed by atoms with E-state index in [0.29, 0.717) is 17.4 Å². The second-order valence-corrected chi connectivity index (χ2v) is 6.49. The lowest BCUT2D eigenvalue weighted by molar-refractivity contribution is -0.149. The number of halogens is 2. The third-order valence-electron chi connectivity index (χ3n) is 3.88. The quantitative estimate of drug-likeness (QED) is 0.316. The van der Waals surface area contributed by atoms with Crippen LogP contribution in [0.3, 0.4) is 0 Å². The minimum Gasteiger partial charge on any atom is -0.468 e. The second-order valence-electron chi connectivity index (χ2n) is 5.58. The van der Waals surface area contributed by atoms with E-state index < -0.39 is 17.8 Å². The van der Waals surface area contributed by atoms with E-state index in [1.54, 1.807) is 30.1 Å². The molecule has 1 N–H and O–H groups in total. The number of carbonyl (C=O) groups excluding carboxylic acids is 2. The summed E-state index contributed by atoms with van der Waals surface area (Å²) in [6.07, 6.45) is 0.714. The second kappa shape index (κ2) is 8.88. The van der Waals surface area contributed by atoms with E-state index in [1.807, 2.05) is 0 Å². The standard InChI is InChI=1S/C18H17BrFNO5/c1-21(9-11-3-4-13(19)7-12(11)10-22)17(18(23)25-2)15-8-14(20)5-6-16(15)26-24/h3-8,10,17,24H,9H2,1-2H3. The highest BCUT2D eigenvalue weighted by molar-refractivity contribution is 9.10. The average molecular weight is 426 g/mol. The highest BCUT2D eigenvalue weighted by Crippen LogP contribution is 2.32. The number of benzene rings is 2. The molecule has 1 unspecified atom stereocenters. The molecule has 0 fully saturated rings. The minimum atomic E-state index is -1.05. The number of carbonyl (C=O) groups is 2. The summed E-state index contributed by atoms with van der Waals surface area (Å²) in [6, 6.07) is 7.52. The molecule has 26 heavy (non-hydrogen) atoms. The lowest BCUT2D eigenvalue weighted by atomic mass is 10.0. The molecule has 0 saturated carbocycles. The van der Waals surface area contributed by atoms with Crippen LogP contribution in [0.4, 0.5) is 4.39 Å². The molecular weight excluding hydrogens is 409 g/mol. The van der Waals surface area contributed by atoms with Gasteiger partial charge in [0, 0.05) is 22.1 Å². The maximum absolute atomic E-state index is 13.7. The van der Waals surface area contributed by atoms with E-state index in [-0.39, 0.29) is 17.9 Å². The lowest BCUT2D eigenvalue weighted by Crippen LogP contribution is -2.32. The first-order valence-electron chi connectivity index (χ1n) is 7.53. The molecule has 0 spiro atoms. The lowest BCUT2D eigenvalue weighted by Gasteiger charge is -2.27. The van der Waals surface area contributed by atoms with Gasteiger partial charge in [0.05, 0.1) is 7.11 Å². The van der Waals surface area contributed by atoms with Crippen LogP contribution in [0.25, 0.3) is 0 Å². The fourth-order valence-corrected chi connectivity index (χ4v) is 3.03. The van der Waals surface area contributed by atoms with Crippen LogP contribution in [0.1, 0.15) is 27.5 Å². The SMILES string of the molecule is COC(=O)C(c1cc(F)ccc1OO)N(C)Cc1ccc(Br)cc1C=O. The topological polar surface area (TPSA) is 76.1 Å². The maximum Gasteiger partial charge on any atom is 0.327 e. The van der Waals surface area contributed by atoms with Crippen LogP contribution in [-0.4, -0.2) is 36.6 Å². The first kappa shape index (κ1) is 20.0. The molecule has 0 aliphatic heterocycles. The Morgan fingerprint density at radius 1 is 1.35 bits per heavy atom. The molecule has 2 rings (SSSR count). The summed E-state index contributed by atoms with van der Waals surface area (Å²) in [5.41, 5.74) is 1.22. The van der Waals surface area contributed by atoms with Crippen molar-refractivity contribution >= 4 is 28.2 Å². The average Bonchev–Trinajstić information content (AvgIpc) is 2.63. The largest absolute Gasteiger partial charge is 0.468 e. The Morgan fingerprint density at radius 3 is 2.69 bits per heavy atom. The van der Waals surface area contributed by atoms with Crippen LogP contribution in [0.15, 0.2) is 40.9 Å². The molecule has 8 heteroatoms. The van der Waals surface area contributed by atoms with Crippen molar-refractivity contribution < 1.29 is 28.9 Å². The highest BCUT2D eigenvalue weighted by Gasteiger charge is 2.30. The first-order chi connectivity index (χ1) is 12.4. The summed E-state index contributed by atoms with van der Waals surface area (Å²) in [5, 5.41) is 9.05. The van der Waals surface area contributed by atoms with Crippen molar-refractivity contribution in [3.63, 3.8) is 0 Å². The molecular formula is C18H17BrFNO5. The van der Waals surface area contributed by atoms with Gasteiger partial charge in [0.1, 0.15) is 18.1 Å². The zero-order valence-corrected chi connectivity index (χ0v) is 15.7. The number of hydrogen-bond acceptors (Lipinski definition) is 6. The van der Waals surface area contributed by atoms with Crippen LogP contribution in [0.5, 0.6) is 5.75 Å². The number of hydrogen-bond donors (Lipinski definition) is 1. The monoisotopic (exact) mass is 425 g/mol. The molecule has 6 nitrogen and oxygen atoms in total. The molecule has 0 bridgehead atoms. The molecule has 1 atom stereocenters. The van der Waals surface area contributed by atoms with Gasteiger partial charge in [-0.25, -0.2) is 14.4 Å². The fourth-order valence-electron chi connectivity index (χ4n) is 2.65. The van der Waals surface area contributed by atoms with E-state index in [0.717, 1.165) is 16.6 Å². The Balaban J connectivity index is 2.43. The van der Waals surface area contributed by atoms with E-state index in [4.69, 9.17) is 9.99 Å². The van der Waals surface area contributed by atoms with Gasteiger partial charge in [0.25, 0.3) is 0 Å². The van der Waals surface area contributed by atoms with Crippen molar-refractivity contribution in [2.24, 2.45) is 0 Å². The normalized spacial score (nSPS) is 11.9. The van der Waals surface area contributed by atoms with Crippen molar-refractivity contribution in [1.29, 1.82) is 0 Å². The summed E-state index contributed by atoms with van der Waals surface area (Å²) in [7, 11) is 2.82. The van der Waals surface area contributed by atoms with Gasteiger partial charge < -0.3 is 9.62 Å². The van der Waals surface area contributed by atoms with Crippen molar-refractivity contribution in [2.45, 2.75) is 12.6 Å². The summed E-state index contributed by atoms with van der Waals surface area (Å²) in [4.78, 5) is 29.5. The summed E-state index contributed by atoms with van der Waals surface area (Å²) < 4.78 is 19.3. The molecule has 0 heterocycles. The molecule has 0 amide bonds. The minimum absolute atomic E-state index is 0.0694. The van der Waals surface area contributed by atoms with Crippen LogP contribution < -0.4 is 4.89 Å². The number of ether oxygens (including phenoxy) is 1. The molecule has 0 radical (unpaired) electrons. The smallest absolute Gasteiger partial charge is 0.327 e. The van der Waals surface area contributed by atoms with Crippen LogP contribution in [0.2, 0.25) is 0 Å². The maximum atomic E-state index is 13.7. The van der Waals surface area contributed by atoms with E-state index in [9.17, 15) is 14.0 Å². The van der Waals surface area contributed by atoms with Gasteiger partial charge in [-0.3, -0.25) is 9.69 Å². The Bertz CT molecular complexity index is 814. The predicted octanol–water partition coefficient (Wildman–Crippen LogP) is 3.60. The van der Waals surface area contributed by atoms with Gasteiger partial charge in [0.2, 0.25) is 0 Å². The summed E-state index contributed by atoms with van der Waals surface area (Å²) in [5.74, 6) is -1.33. The summed E-state index contributed by atoms with van der Waals surface area (Å²) in [6.45, 7) is 0.197. The molecule has 0 aromatic heterocycles. The number of likely N-dealkylation sites (N-methyl/N-ethyl adjacent to an activating group) is 1. The zero-order valence-electron chi connectivity index (χ0n) is 14.1. The van der Waals surface area contributed by atoms with Gasteiger partial charge in [0.15, 0.2) is 5.75 Å². The fraction of sp³-hybridized carbons (Fsp3) is 0.222. The summed E-state index contributed by atoms with van der Waals surface area (Å²) >= 11 is 3.30. The van der Waals surface area contributed by atoms with Gasteiger partial charge in [-0.05, 0) is 42.9 Å². The molecule has 0 saturated heterocycles. The van der Waals surface area contributed by atoms with Crippen LogP contribution in [-0.2, 0) is 16.1 Å². The third kappa shape index (κ3) is 4.46. The number of nitrogens with zero attached hydrogens (tertiary/aromatic N) is 1. The predicted molar refractivity (Wildman–Crippen MR) is 95.4 cm³/mol. The van der Waals surface area contributed by atoms with Gasteiger partial charge in [-0.15, -0.1) is 0 Å². The Hall–Kier alpha value is -2.29. The zero-order chi connectivity index (χ0) is 19.3. The van der Waals surface area contributed by atoms with Crippen molar-refractivity contribution in [1.82, 2.24) is 4.90 Å². The van der Waals surface area contributed by atoms with E-state index in [2.05, 4.69) is 20.8 Å². The third-order valence-corrected chi connectivity index (χ3v) is 4.38. The Labute approximate surface area is 158 Å². The molecule has 138 valence electrons. The first-order valence-corrected chi connectivity index (χ1v) is 8.33. The van der Waals surface area contributed by atoms with E-state index >= 15 is 0 Å². The van der Waals surface area contributed by atoms with Gasteiger partial charge in [-0.1, -0.05) is 22.0 Å². The van der Waals surface area contributed by atoms with Gasteiger partial charge >= 0.3 is 5.97 Å². The number of aldehydes is 1. The van der Waals surface area contributed by atoms with Crippen molar-refractivity contribution in [2.75, 3.05) is 14.2 Å². The Morgan fingerprint density at radius 2 is 2.08 bits per heavy atom. The number of rotatable bonds is 7. The van der Waals surface area contributed by atoms with Crippen molar-refractivity contribution in [3.05, 3.63) is 63.4 Å². The molecule has 2 aromatic rings. The molecule has 0 aliphatic rings. The highest BCUT2D eigenvalue weighted by atomic mass is 79.9. The van der Waals surface area contributed by atoms with Crippen LogP contribution >= 0.6 is 15.9 Å². The van der Waals surface area contributed by atoms with Gasteiger partial charge in [-0.2, -0.15) is 0 Å².